The minimum atomic E-state index is -1.03. The van der Waals surface area contributed by atoms with Crippen molar-refractivity contribution >= 4 is 17.1 Å². The summed E-state index contributed by atoms with van der Waals surface area (Å²) < 4.78 is 6.39. The van der Waals surface area contributed by atoms with Crippen molar-refractivity contribution in [2.75, 3.05) is 0 Å². The molecule has 0 fully saturated rings. The summed E-state index contributed by atoms with van der Waals surface area (Å²) in [7, 11) is 0. The highest BCUT2D eigenvalue weighted by Gasteiger charge is 2.15. The van der Waals surface area contributed by atoms with Crippen LogP contribution in [0.2, 0.25) is 0 Å². The summed E-state index contributed by atoms with van der Waals surface area (Å²) >= 11 is 0. The van der Waals surface area contributed by atoms with E-state index in [0.29, 0.717) is 28.9 Å². The van der Waals surface area contributed by atoms with Crippen molar-refractivity contribution in [3.63, 3.8) is 0 Å². The number of hydrogen-bond acceptors (Lipinski definition) is 4. The Labute approximate surface area is 112 Å². The number of fused-ring (bicyclic) bond motifs is 1. The molecule has 0 atom stereocenters. The largest absolute Gasteiger partial charge is 0.477 e. The van der Waals surface area contributed by atoms with Crippen molar-refractivity contribution < 1.29 is 14.3 Å². The number of nitrogens with one attached hydrogen (secondary N) is 1. The van der Waals surface area contributed by atoms with E-state index in [1.54, 1.807) is 18.2 Å². The van der Waals surface area contributed by atoms with Crippen molar-refractivity contribution in [3.8, 4) is 11.3 Å². The fourth-order valence-electron chi connectivity index (χ4n) is 2.08. The van der Waals surface area contributed by atoms with Gasteiger partial charge in [-0.25, -0.2) is 9.59 Å². The fourth-order valence-corrected chi connectivity index (χ4v) is 2.08. The van der Waals surface area contributed by atoms with Gasteiger partial charge in [0.05, 0.1) is 11.2 Å². The molecule has 0 radical (unpaired) electrons. The standard InChI is InChI=1S/C13H11N3O4/c1-2-16-10(12(17)18)6-9(15-16)7-3-4-8-11(5-7)20-13(19)14-8/h3-6H,2H2,1H3,(H,14,19)(H,17,18). The first kappa shape index (κ1) is 12.2. The van der Waals surface area contributed by atoms with Gasteiger partial charge in [0.15, 0.2) is 5.58 Å². The molecule has 102 valence electrons. The number of nitrogens with zero attached hydrogens (tertiary/aromatic N) is 2. The zero-order chi connectivity index (χ0) is 14.3. The van der Waals surface area contributed by atoms with Gasteiger partial charge in [0, 0.05) is 12.1 Å². The summed E-state index contributed by atoms with van der Waals surface area (Å²) in [6.45, 7) is 2.28. The first-order chi connectivity index (χ1) is 9.58. The van der Waals surface area contributed by atoms with E-state index in [0.717, 1.165) is 0 Å². The molecular formula is C13H11N3O4. The number of aromatic carboxylic acids is 1. The predicted molar refractivity (Wildman–Crippen MR) is 70.7 cm³/mol. The highest BCUT2D eigenvalue weighted by atomic mass is 16.4. The predicted octanol–water partition coefficient (Wildman–Crippen LogP) is 1.70. The van der Waals surface area contributed by atoms with E-state index < -0.39 is 11.7 Å². The highest BCUT2D eigenvalue weighted by molar-refractivity contribution is 5.88. The Hall–Kier alpha value is -2.83. The van der Waals surface area contributed by atoms with E-state index in [1.165, 1.54) is 10.7 Å². The van der Waals surface area contributed by atoms with Gasteiger partial charge in [-0.3, -0.25) is 9.67 Å². The van der Waals surface area contributed by atoms with Gasteiger partial charge in [0.25, 0.3) is 0 Å². The number of carbonyl (C=O) groups is 1. The number of aromatic nitrogens is 3. The van der Waals surface area contributed by atoms with Gasteiger partial charge in [-0.2, -0.15) is 5.10 Å². The number of hydrogen-bond donors (Lipinski definition) is 2. The molecule has 2 N–H and O–H groups in total. The molecule has 0 amide bonds. The number of carboxylic acid groups (broad SMARTS) is 1. The number of carboxylic acids is 1. The van der Waals surface area contributed by atoms with Gasteiger partial charge in [-0.05, 0) is 25.1 Å². The Balaban J connectivity index is 2.14. The van der Waals surface area contributed by atoms with Crippen LogP contribution in [0.4, 0.5) is 0 Å². The lowest BCUT2D eigenvalue weighted by Crippen LogP contribution is -2.07. The van der Waals surface area contributed by atoms with Crippen LogP contribution in [-0.2, 0) is 6.54 Å². The van der Waals surface area contributed by atoms with Crippen LogP contribution in [0.1, 0.15) is 17.4 Å². The molecule has 7 nitrogen and oxygen atoms in total. The van der Waals surface area contributed by atoms with Crippen LogP contribution in [0.3, 0.4) is 0 Å². The van der Waals surface area contributed by atoms with Crippen molar-refractivity contribution in [1.82, 2.24) is 14.8 Å². The van der Waals surface area contributed by atoms with Crippen LogP contribution in [0.15, 0.2) is 33.5 Å². The molecule has 0 unspecified atom stereocenters. The zero-order valence-electron chi connectivity index (χ0n) is 10.6. The van der Waals surface area contributed by atoms with E-state index in [4.69, 9.17) is 9.52 Å². The topological polar surface area (TPSA) is 101 Å². The average Bonchev–Trinajstić information content (AvgIpc) is 2.99. The molecule has 0 spiro atoms. The Morgan fingerprint density at radius 2 is 2.25 bits per heavy atom. The molecule has 0 aliphatic rings. The number of rotatable bonds is 3. The Morgan fingerprint density at radius 3 is 2.90 bits per heavy atom. The minimum absolute atomic E-state index is 0.123. The van der Waals surface area contributed by atoms with Crippen LogP contribution >= 0.6 is 0 Å². The smallest absolute Gasteiger partial charge is 0.417 e. The minimum Gasteiger partial charge on any atom is -0.477 e. The lowest BCUT2D eigenvalue weighted by atomic mass is 10.1. The molecule has 20 heavy (non-hydrogen) atoms. The molecule has 0 aliphatic heterocycles. The molecule has 0 saturated heterocycles. The van der Waals surface area contributed by atoms with Crippen LogP contribution in [-0.4, -0.2) is 25.8 Å². The van der Waals surface area contributed by atoms with Crippen LogP contribution in [0.5, 0.6) is 0 Å². The van der Waals surface area contributed by atoms with Crippen molar-refractivity contribution in [2.24, 2.45) is 0 Å². The second-order valence-electron chi connectivity index (χ2n) is 4.26. The third kappa shape index (κ3) is 1.89. The molecule has 0 aliphatic carbocycles. The molecule has 3 aromatic rings. The Bertz CT molecular complexity index is 856. The third-order valence-electron chi connectivity index (χ3n) is 3.02. The van der Waals surface area contributed by atoms with E-state index in [2.05, 4.69) is 10.1 Å². The van der Waals surface area contributed by atoms with E-state index in [9.17, 15) is 9.59 Å². The number of aryl methyl sites for hydroxylation is 1. The molecule has 0 saturated carbocycles. The molecular weight excluding hydrogens is 262 g/mol. The number of H-pyrrole nitrogens is 1. The quantitative estimate of drug-likeness (QED) is 0.756. The van der Waals surface area contributed by atoms with Gasteiger partial charge in [-0.1, -0.05) is 6.07 Å². The summed E-state index contributed by atoms with van der Waals surface area (Å²) in [4.78, 5) is 24.8. The number of benzene rings is 1. The summed E-state index contributed by atoms with van der Waals surface area (Å²) in [5, 5.41) is 13.3. The Kier molecular flexibility index (Phi) is 2.67. The van der Waals surface area contributed by atoms with E-state index in [1.807, 2.05) is 6.92 Å². The fraction of sp³-hybridized carbons (Fsp3) is 0.154. The summed E-state index contributed by atoms with van der Waals surface area (Å²) in [6, 6.07) is 6.60. The first-order valence-electron chi connectivity index (χ1n) is 6.03. The van der Waals surface area contributed by atoms with Crippen molar-refractivity contribution in [1.29, 1.82) is 0 Å². The molecule has 0 bridgehead atoms. The van der Waals surface area contributed by atoms with Crippen LogP contribution in [0, 0.1) is 0 Å². The maximum absolute atomic E-state index is 11.1. The maximum atomic E-state index is 11.1. The number of oxazole rings is 1. The van der Waals surface area contributed by atoms with Gasteiger partial charge < -0.3 is 9.52 Å². The average molecular weight is 273 g/mol. The molecule has 2 heterocycles. The molecule has 2 aromatic heterocycles. The second-order valence-corrected chi connectivity index (χ2v) is 4.26. The van der Waals surface area contributed by atoms with Gasteiger partial charge in [-0.15, -0.1) is 0 Å². The van der Waals surface area contributed by atoms with Gasteiger partial charge in [0.2, 0.25) is 0 Å². The molecule has 7 heteroatoms. The monoisotopic (exact) mass is 273 g/mol. The lowest BCUT2D eigenvalue weighted by molar-refractivity contribution is 0.0683. The number of aromatic amines is 1. The van der Waals surface area contributed by atoms with Crippen LogP contribution in [0.25, 0.3) is 22.4 Å². The van der Waals surface area contributed by atoms with E-state index >= 15 is 0 Å². The van der Waals surface area contributed by atoms with Crippen molar-refractivity contribution in [2.45, 2.75) is 13.5 Å². The maximum Gasteiger partial charge on any atom is 0.417 e. The Morgan fingerprint density at radius 1 is 1.45 bits per heavy atom. The summed E-state index contributed by atoms with van der Waals surface area (Å²) in [5.74, 6) is -1.55. The van der Waals surface area contributed by atoms with Crippen molar-refractivity contribution in [3.05, 3.63) is 40.5 Å². The third-order valence-corrected chi connectivity index (χ3v) is 3.02. The normalized spacial score (nSPS) is 11.1. The van der Waals surface area contributed by atoms with E-state index in [-0.39, 0.29) is 5.69 Å². The summed E-state index contributed by atoms with van der Waals surface area (Å²) in [6.07, 6.45) is 0. The SMILES string of the molecule is CCn1nc(-c2ccc3[nH]c(=O)oc3c2)cc1C(=O)O. The summed E-state index contributed by atoms with van der Waals surface area (Å²) in [5.41, 5.74) is 2.34. The molecule has 1 aromatic carbocycles. The highest BCUT2D eigenvalue weighted by Crippen LogP contribution is 2.23. The lowest BCUT2D eigenvalue weighted by Gasteiger charge is -1.98. The zero-order valence-corrected chi connectivity index (χ0v) is 10.6. The van der Waals surface area contributed by atoms with Crippen LogP contribution < -0.4 is 5.76 Å². The second kappa shape index (κ2) is 4.37. The first-order valence-corrected chi connectivity index (χ1v) is 6.03. The van der Waals surface area contributed by atoms with Gasteiger partial charge >= 0.3 is 11.7 Å². The molecule has 3 rings (SSSR count). The van der Waals surface area contributed by atoms with Gasteiger partial charge in [0.1, 0.15) is 5.69 Å².